The molecule has 0 aliphatic rings. The SMILES string of the molecule is Cc1ccc(C)c(NS(=O)(=O)c2cc(C(=O)N[C@@H](c3ccccc3)c3ccccc3C)ccc2Cl)c1. The van der Waals surface area contributed by atoms with E-state index in [2.05, 4.69) is 10.0 Å². The van der Waals surface area contributed by atoms with Crippen LogP contribution in [-0.2, 0) is 10.0 Å². The number of carbonyl (C=O) groups excluding carboxylic acids is 1. The van der Waals surface area contributed by atoms with Gasteiger partial charge in [0.15, 0.2) is 0 Å². The molecule has 0 saturated carbocycles. The molecule has 0 aliphatic carbocycles. The summed E-state index contributed by atoms with van der Waals surface area (Å²) in [5, 5.41) is 3.10. The van der Waals surface area contributed by atoms with Crippen LogP contribution in [0.25, 0.3) is 0 Å². The lowest BCUT2D eigenvalue weighted by atomic mass is 9.94. The summed E-state index contributed by atoms with van der Waals surface area (Å²) < 4.78 is 29.1. The van der Waals surface area contributed by atoms with Crippen molar-refractivity contribution in [3.8, 4) is 0 Å². The van der Waals surface area contributed by atoms with Gasteiger partial charge in [0, 0.05) is 5.56 Å². The van der Waals surface area contributed by atoms with E-state index in [0.717, 1.165) is 27.8 Å². The largest absolute Gasteiger partial charge is 0.341 e. The molecule has 1 amide bonds. The van der Waals surface area contributed by atoms with Crippen molar-refractivity contribution < 1.29 is 13.2 Å². The van der Waals surface area contributed by atoms with Gasteiger partial charge in [-0.25, -0.2) is 8.42 Å². The second kappa shape index (κ2) is 10.6. The summed E-state index contributed by atoms with van der Waals surface area (Å²) in [6, 6.07) is 26.8. The average molecular weight is 519 g/mol. The first kappa shape index (κ1) is 25.5. The van der Waals surface area contributed by atoms with Crippen molar-refractivity contribution in [2.24, 2.45) is 0 Å². The third-order valence-electron chi connectivity index (χ3n) is 6.03. The van der Waals surface area contributed by atoms with Crippen LogP contribution in [0, 0.1) is 20.8 Å². The third-order valence-corrected chi connectivity index (χ3v) is 7.88. The molecule has 184 valence electrons. The van der Waals surface area contributed by atoms with Crippen LogP contribution in [0.2, 0.25) is 5.02 Å². The molecule has 1 atom stereocenters. The zero-order valence-corrected chi connectivity index (χ0v) is 21.8. The fourth-order valence-corrected chi connectivity index (χ4v) is 5.66. The highest BCUT2D eigenvalue weighted by Crippen LogP contribution is 2.29. The van der Waals surface area contributed by atoms with Crippen LogP contribution < -0.4 is 10.0 Å². The Kier molecular flexibility index (Phi) is 7.48. The first-order valence-electron chi connectivity index (χ1n) is 11.5. The van der Waals surface area contributed by atoms with Crippen LogP contribution in [0.3, 0.4) is 0 Å². The lowest BCUT2D eigenvalue weighted by molar-refractivity contribution is 0.0942. The van der Waals surface area contributed by atoms with E-state index in [9.17, 15) is 13.2 Å². The van der Waals surface area contributed by atoms with E-state index < -0.39 is 22.0 Å². The molecule has 0 spiro atoms. The summed E-state index contributed by atoms with van der Waals surface area (Å²) in [5.41, 5.74) is 5.25. The van der Waals surface area contributed by atoms with Gasteiger partial charge in [-0.15, -0.1) is 0 Å². The number of carbonyl (C=O) groups is 1. The summed E-state index contributed by atoms with van der Waals surface area (Å²) >= 11 is 6.29. The van der Waals surface area contributed by atoms with Crippen LogP contribution in [0.1, 0.15) is 44.2 Å². The molecule has 0 fully saturated rings. The number of benzene rings is 4. The second-order valence-electron chi connectivity index (χ2n) is 8.74. The number of rotatable bonds is 7. The number of hydrogen-bond donors (Lipinski definition) is 2. The Morgan fingerprint density at radius 2 is 1.50 bits per heavy atom. The number of sulfonamides is 1. The maximum Gasteiger partial charge on any atom is 0.263 e. The quantitative estimate of drug-likeness (QED) is 0.290. The molecule has 4 aromatic carbocycles. The number of halogens is 1. The van der Waals surface area contributed by atoms with E-state index in [1.807, 2.05) is 87.5 Å². The predicted octanol–water partition coefficient (Wildman–Crippen LogP) is 6.59. The number of hydrogen-bond acceptors (Lipinski definition) is 3. The van der Waals surface area contributed by atoms with Gasteiger partial charge < -0.3 is 5.32 Å². The fraction of sp³-hybridized carbons (Fsp3) is 0.138. The molecule has 0 bridgehead atoms. The monoisotopic (exact) mass is 518 g/mol. The van der Waals surface area contributed by atoms with E-state index in [1.165, 1.54) is 18.2 Å². The van der Waals surface area contributed by atoms with E-state index in [4.69, 9.17) is 11.6 Å². The first-order chi connectivity index (χ1) is 17.2. The highest BCUT2D eigenvalue weighted by molar-refractivity contribution is 7.92. The maximum absolute atomic E-state index is 13.4. The molecule has 7 heteroatoms. The molecule has 0 radical (unpaired) electrons. The third kappa shape index (κ3) is 5.61. The average Bonchev–Trinajstić information content (AvgIpc) is 2.86. The maximum atomic E-state index is 13.4. The standard InChI is InChI=1S/C29H27ClN2O3S/c1-19-13-14-21(3)26(17-19)32-36(34,35)27-18-23(15-16-25(27)30)29(33)31-28(22-10-5-4-6-11-22)24-12-8-7-9-20(24)2/h4-18,28,32H,1-3H3,(H,31,33)/t28-/m0/s1. The van der Waals surface area contributed by atoms with Gasteiger partial charge in [0.05, 0.1) is 16.8 Å². The number of nitrogens with one attached hydrogen (secondary N) is 2. The minimum absolute atomic E-state index is 0.0304. The van der Waals surface area contributed by atoms with Gasteiger partial charge in [0.2, 0.25) is 0 Å². The Hall–Kier alpha value is -3.61. The zero-order valence-electron chi connectivity index (χ0n) is 20.2. The van der Waals surface area contributed by atoms with E-state index in [1.54, 1.807) is 6.07 Å². The molecule has 36 heavy (non-hydrogen) atoms. The van der Waals surface area contributed by atoms with Gasteiger partial charge in [0.1, 0.15) is 4.90 Å². The molecule has 0 aliphatic heterocycles. The number of aryl methyl sites for hydroxylation is 3. The highest BCUT2D eigenvalue weighted by Gasteiger charge is 2.23. The first-order valence-corrected chi connectivity index (χ1v) is 13.3. The second-order valence-corrected chi connectivity index (χ2v) is 10.8. The van der Waals surface area contributed by atoms with E-state index in [-0.39, 0.29) is 15.5 Å². The van der Waals surface area contributed by atoms with Gasteiger partial charge in [-0.05, 0) is 72.9 Å². The smallest absolute Gasteiger partial charge is 0.263 e. The summed E-state index contributed by atoms with van der Waals surface area (Å²) in [4.78, 5) is 13.2. The van der Waals surface area contributed by atoms with Crippen LogP contribution in [0.4, 0.5) is 5.69 Å². The highest BCUT2D eigenvalue weighted by atomic mass is 35.5. The van der Waals surface area contributed by atoms with Crippen LogP contribution in [0.15, 0.2) is 95.9 Å². The Morgan fingerprint density at radius 3 is 2.22 bits per heavy atom. The summed E-state index contributed by atoms with van der Waals surface area (Å²) in [6.07, 6.45) is 0. The summed E-state index contributed by atoms with van der Waals surface area (Å²) in [7, 11) is -4.04. The van der Waals surface area contributed by atoms with E-state index in [0.29, 0.717) is 5.69 Å². The molecule has 4 rings (SSSR count). The molecule has 0 heterocycles. The van der Waals surface area contributed by atoms with Crippen LogP contribution >= 0.6 is 11.6 Å². The minimum Gasteiger partial charge on any atom is -0.341 e. The van der Waals surface area contributed by atoms with Gasteiger partial charge in [0.25, 0.3) is 15.9 Å². The molecule has 5 nitrogen and oxygen atoms in total. The molecule has 0 unspecified atom stereocenters. The molecule has 4 aromatic rings. The zero-order chi connectivity index (χ0) is 25.9. The fourth-order valence-electron chi connectivity index (χ4n) is 4.01. The molecule has 0 aromatic heterocycles. The normalized spacial score (nSPS) is 12.1. The van der Waals surface area contributed by atoms with Crippen molar-refractivity contribution in [2.75, 3.05) is 4.72 Å². The van der Waals surface area contributed by atoms with Crippen molar-refractivity contribution in [3.63, 3.8) is 0 Å². The van der Waals surface area contributed by atoms with Crippen molar-refractivity contribution in [2.45, 2.75) is 31.7 Å². The Labute approximate surface area is 217 Å². The lowest BCUT2D eigenvalue weighted by Crippen LogP contribution is -2.30. The van der Waals surface area contributed by atoms with Gasteiger partial charge in [-0.3, -0.25) is 9.52 Å². The molecular weight excluding hydrogens is 492 g/mol. The number of amides is 1. The topological polar surface area (TPSA) is 75.3 Å². The van der Waals surface area contributed by atoms with Crippen LogP contribution in [0.5, 0.6) is 0 Å². The Morgan fingerprint density at radius 1 is 0.806 bits per heavy atom. The van der Waals surface area contributed by atoms with Crippen molar-refractivity contribution in [1.82, 2.24) is 5.32 Å². The number of anilines is 1. The van der Waals surface area contributed by atoms with Gasteiger partial charge >= 0.3 is 0 Å². The minimum atomic E-state index is -4.04. The molecular formula is C29H27ClN2O3S. The predicted molar refractivity (Wildman–Crippen MR) is 145 cm³/mol. The van der Waals surface area contributed by atoms with E-state index >= 15 is 0 Å². The Bertz CT molecular complexity index is 1520. The van der Waals surface area contributed by atoms with Crippen LogP contribution in [-0.4, -0.2) is 14.3 Å². The summed E-state index contributed by atoms with van der Waals surface area (Å²) in [5.74, 6) is -0.410. The van der Waals surface area contributed by atoms with Crippen molar-refractivity contribution in [3.05, 3.63) is 129 Å². The lowest BCUT2D eigenvalue weighted by Gasteiger charge is -2.22. The van der Waals surface area contributed by atoms with Crippen molar-refractivity contribution >= 4 is 33.2 Å². The Balaban J connectivity index is 1.67. The van der Waals surface area contributed by atoms with Crippen molar-refractivity contribution in [1.29, 1.82) is 0 Å². The van der Waals surface area contributed by atoms with Gasteiger partial charge in [-0.2, -0.15) is 0 Å². The molecule has 0 saturated heterocycles. The molecule has 2 N–H and O–H groups in total. The van der Waals surface area contributed by atoms with Gasteiger partial charge in [-0.1, -0.05) is 78.3 Å². The summed E-state index contributed by atoms with van der Waals surface area (Å²) in [6.45, 7) is 5.69.